The van der Waals surface area contributed by atoms with Gasteiger partial charge < -0.3 is 16.4 Å². The quantitative estimate of drug-likeness (QED) is 0.630. The molecule has 27 heavy (non-hydrogen) atoms. The van der Waals surface area contributed by atoms with Gasteiger partial charge in [-0.1, -0.05) is 24.4 Å². The lowest BCUT2D eigenvalue weighted by Gasteiger charge is -2.29. The molecule has 9 nitrogen and oxygen atoms in total. The van der Waals surface area contributed by atoms with E-state index in [1.165, 1.54) is 4.68 Å². The minimum atomic E-state index is -0.330. The van der Waals surface area contributed by atoms with Crippen LogP contribution in [0.1, 0.15) is 36.2 Å². The average Bonchev–Trinajstić information content (AvgIpc) is 3.19. The van der Waals surface area contributed by atoms with Crippen molar-refractivity contribution in [2.45, 2.75) is 37.8 Å². The highest BCUT2D eigenvalue weighted by Crippen LogP contribution is 2.21. The minimum absolute atomic E-state index is 0.0817. The lowest BCUT2D eigenvalue weighted by Crippen LogP contribution is -2.43. The smallest absolute Gasteiger partial charge is 0.274 e. The third-order valence-electron chi connectivity index (χ3n) is 4.80. The third kappa shape index (κ3) is 3.60. The monoisotopic (exact) mass is 388 g/mol. The molecule has 1 aliphatic rings. The number of fused-ring (bicyclic) bond motifs is 1. The van der Waals surface area contributed by atoms with Crippen LogP contribution >= 0.6 is 11.6 Å². The number of anilines is 2. The van der Waals surface area contributed by atoms with Gasteiger partial charge in [0.25, 0.3) is 5.91 Å². The van der Waals surface area contributed by atoms with E-state index in [4.69, 9.17) is 17.3 Å². The zero-order chi connectivity index (χ0) is 19.0. The first-order valence-electron chi connectivity index (χ1n) is 8.88. The number of carbonyl (C=O) groups excluding carboxylic acids is 1. The summed E-state index contributed by atoms with van der Waals surface area (Å²) in [6.45, 7) is 0. The largest absolute Gasteiger partial charge is 0.349 e. The van der Waals surface area contributed by atoms with Crippen molar-refractivity contribution in [1.29, 1.82) is 0 Å². The molecule has 3 aromatic heterocycles. The first-order chi connectivity index (χ1) is 13.0. The molecule has 142 valence electrons. The summed E-state index contributed by atoms with van der Waals surface area (Å²) in [7, 11) is 1.73. The zero-order valence-electron chi connectivity index (χ0n) is 14.9. The van der Waals surface area contributed by atoms with Crippen molar-refractivity contribution >= 4 is 34.7 Å². The molecule has 3 aromatic rings. The maximum atomic E-state index is 12.7. The van der Waals surface area contributed by atoms with Gasteiger partial charge in [-0.2, -0.15) is 5.10 Å². The molecule has 0 spiro atoms. The summed E-state index contributed by atoms with van der Waals surface area (Å²) in [6.07, 6.45) is 7.58. The molecular weight excluding hydrogens is 368 g/mol. The van der Waals surface area contributed by atoms with Gasteiger partial charge in [-0.3, -0.25) is 9.48 Å². The number of carbonyl (C=O) groups is 1. The molecule has 3 heterocycles. The second kappa shape index (κ2) is 7.16. The minimum Gasteiger partial charge on any atom is -0.349 e. The SMILES string of the molecule is Cn1cc(NC(=O)c2ccc3cnc(N[C@@H]4CCCC[C@@H]4N)nn23)c(Cl)n1. The van der Waals surface area contributed by atoms with E-state index in [1.807, 2.05) is 0 Å². The molecule has 0 unspecified atom stereocenters. The Labute approximate surface area is 160 Å². The van der Waals surface area contributed by atoms with E-state index in [-0.39, 0.29) is 23.1 Å². The number of hydrogen-bond acceptors (Lipinski definition) is 6. The summed E-state index contributed by atoms with van der Waals surface area (Å²) in [5.74, 6) is 0.124. The van der Waals surface area contributed by atoms with E-state index in [0.29, 0.717) is 17.3 Å². The van der Waals surface area contributed by atoms with Gasteiger partial charge in [0.2, 0.25) is 5.95 Å². The number of aromatic nitrogens is 5. The number of hydrogen-bond donors (Lipinski definition) is 3. The van der Waals surface area contributed by atoms with Crippen LogP contribution in [0.5, 0.6) is 0 Å². The lowest BCUT2D eigenvalue weighted by molar-refractivity contribution is 0.102. The Morgan fingerprint density at radius 3 is 2.85 bits per heavy atom. The van der Waals surface area contributed by atoms with Crippen molar-refractivity contribution in [3.63, 3.8) is 0 Å². The molecule has 0 bridgehead atoms. The second-order valence-corrected chi connectivity index (χ2v) is 7.16. The van der Waals surface area contributed by atoms with E-state index in [0.717, 1.165) is 31.2 Å². The predicted molar refractivity (Wildman–Crippen MR) is 103 cm³/mol. The van der Waals surface area contributed by atoms with E-state index in [2.05, 4.69) is 25.8 Å². The summed E-state index contributed by atoms with van der Waals surface area (Å²) in [5, 5.41) is 14.8. The highest BCUT2D eigenvalue weighted by Gasteiger charge is 2.23. The van der Waals surface area contributed by atoms with Gasteiger partial charge in [0.1, 0.15) is 5.69 Å². The van der Waals surface area contributed by atoms with Gasteiger partial charge in [-0.25, -0.2) is 9.50 Å². The van der Waals surface area contributed by atoms with Crippen LogP contribution in [0.25, 0.3) is 5.52 Å². The Kier molecular flexibility index (Phi) is 4.71. The Balaban J connectivity index is 1.58. The molecule has 1 saturated carbocycles. The second-order valence-electron chi connectivity index (χ2n) is 6.80. The first kappa shape index (κ1) is 17.7. The summed E-state index contributed by atoms with van der Waals surface area (Å²) < 4.78 is 3.09. The maximum absolute atomic E-state index is 12.7. The van der Waals surface area contributed by atoms with Gasteiger partial charge in [0, 0.05) is 25.3 Å². The molecule has 0 aromatic carbocycles. The Hall–Kier alpha value is -2.65. The van der Waals surface area contributed by atoms with Gasteiger partial charge in [0.05, 0.1) is 17.4 Å². The van der Waals surface area contributed by atoms with E-state index in [9.17, 15) is 4.79 Å². The van der Waals surface area contributed by atoms with Crippen LogP contribution in [-0.2, 0) is 7.05 Å². The van der Waals surface area contributed by atoms with Gasteiger partial charge in [-0.15, -0.1) is 5.10 Å². The number of nitrogens with one attached hydrogen (secondary N) is 2. The molecule has 1 aliphatic carbocycles. The molecule has 2 atom stereocenters. The van der Waals surface area contributed by atoms with Crippen LogP contribution in [0.15, 0.2) is 24.5 Å². The van der Waals surface area contributed by atoms with Crippen molar-refractivity contribution in [2.75, 3.05) is 10.6 Å². The van der Waals surface area contributed by atoms with Crippen LogP contribution in [0, 0.1) is 0 Å². The zero-order valence-corrected chi connectivity index (χ0v) is 15.6. The molecule has 0 aliphatic heterocycles. The molecule has 0 saturated heterocycles. The summed E-state index contributed by atoms with van der Waals surface area (Å²) in [6, 6.07) is 3.70. The number of aryl methyl sites for hydroxylation is 1. The fourth-order valence-electron chi connectivity index (χ4n) is 3.38. The van der Waals surface area contributed by atoms with E-state index >= 15 is 0 Å². The van der Waals surface area contributed by atoms with E-state index in [1.54, 1.807) is 36.1 Å². The number of nitrogens with two attached hydrogens (primary N) is 1. The molecule has 10 heteroatoms. The average molecular weight is 389 g/mol. The van der Waals surface area contributed by atoms with Crippen LogP contribution in [0.4, 0.5) is 11.6 Å². The number of amides is 1. The van der Waals surface area contributed by atoms with Gasteiger partial charge in [-0.05, 0) is 25.0 Å². The van der Waals surface area contributed by atoms with Crippen molar-refractivity contribution in [3.05, 3.63) is 35.4 Å². The van der Waals surface area contributed by atoms with Crippen molar-refractivity contribution in [2.24, 2.45) is 12.8 Å². The highest BCUT2D eigenvalue weighted by molar-refractivity contribution is 6.32. The topological polar surface area (TPSA) is 115 Å². The Morgan fingerprint density at radius 2 is 2.11 bits per heavy atom. The van der Waals surface area contributed by atoms with Crippen LogP contribution in [0.2, 0.25) is 5.15 Å². The number of halogens is 1. The van der Waals surface area contributed by atoms with Crippen LogP contribution in [-0.4, -0.2) is 42.4 Å². The van der Waals surface area contributed by atoms with Crippen molar-refractivity contribution < 1.29 is 4.79 Å². The van der Waals surface area contributed by atoms with Gasteiger partial charge >= 0.3 is 0 Å². The third-order valence-corrected chi connectivity index (χ3v) is 5.08. The van der Waals surface area contributed by atoms with Crippen molar-refractivity contribution in [3.8, 4) is 0 Å². The molecular formula is C17H21ClN8O. The van der Waals surface area contributed by atoms with Crippen molar-refractivity contribution in [1.82, 2.24) is 24.4 Å². The Bertz CT molecular complexity index is 981. The molecule has 1 amide bonds. The Morgan fingerprint density at radius 1 is 1.30 bits per heavy atom. The van der Waals surface area contributed by atoms with Gasteiger partial charge in [0.15, 0.2) is 5.15 Å². The predicted octanol–water partition coefficient (Wildman–Crippen LogP) is 2.05. The number of rotatable bonds is 4. The van der Waals surface area contributed by atoms with Crippen LogP contribution < -0.4 is 16.4 Å². The maximum Gasteiger partial charge on any atom is 0.274 e. The fourth-order valence-corrected chi connectivity index (χ4v) is 3.59. The summed E-state index contributed by atoms with van der Waals surface area (Å²) >= 11 is 6.02. The van der Waals surface area contributed by atoms with Crippen LogP contribution in [0.3, 0.4) is 0 Å². The normalized spacial score (nSPS) is 20.0. The molecule has 4 rings (SSSR count). The highest BCUT2D eigenvalue weighted by atomic mass is 35.5. The first-order valence-corrected chi connectivity index (χ1v) is 9.26. The molecule has 0 radical (unpaired) electrons. The molecule has 4 N–H and O–H groups in total. The summed E-state index contributed by atoms with van der Waals surface area (Å²) in [5.41, 5.74) is 7.73. The molecule has 1 fully saturated rings. The summed E-state index contributed by atoms with van der Waals surface area (Å²) in [4.78, 5) is 17.0. The number of nitrogens with zero attached hydrogens (tertiary/aromatic N) is 5. The van der Waals surface area contributed by atoms with E-state index < -0.39 is 0 Å². The standard InChI is InChI=1S/C17H21ClN8O/c1-25-9-13(15(18)23-25)21-16(27)14-7-6-10-8-20-17(24-26(10)14)22-12-5-3-2-4-11(12)19/h6-9,11-12H,2-5,19H2,1H3,(H,21,27)(H,22,24)/t11-,12+/m0/s1. The fraction of sp³-hybridized carbons (Fsp3) is 0.412. The lowest BCUT2D eigenvalue weighted by atomic mass is 9.91.